The molecule has 3 aromatic carbocycles. The summed E-state index contributed by atoms with van der Waals surface area (Å²) in [7, 11) is 1.89. The standard InChI is InChI=1S/C25H28N6O3S/c1-29(2)23-8-4-7-22-21(23)6-5-9-24(22)35(32,33)30-16-14-18(15-17-30)25-26-27-28-31(25)19-10-12-20(34-3)13-11-19/h4-13,18H,14-17H2,1-3H3. The molecule has 1 aliphatic rings. The highest BCUT2D eigenvalue weighted by molar-refractivity contribution is 7.89. The van der Waals surface area contributed by atoms with Crippen LogP contribution in [0, 0.1) is 0 Å². The van der Waals surface area contributed by atoms with Gasteiger partial charge in [0.2, 0.25) is 10.0 Å². The van der Waals surface area contributed by atoms with Gasteiger partial charge in [-0.05, 0) is 59.7 Å². The van der Waals surface area contributed by atoms with Gasteiger partial charge in [0.05, 0.1) is 17.7 Å². The van der Waals surface area contributed by atoms with Crippen LogP contribution in [0.5, 0.6) is 5.75 Å². The lowest BCUT2D eigenvalue weighted by Gasteiger charge is -2.31. The van der Waals surface area contributed by atoms with Crippen molar-refractivity contribution in [3.63, 3.8) is 0 Å². The van der Waals surface area contributed by atoms with Gasteiger partial charge in [-0.25, -0.2) is 8.42 Å². The molecule has 182 valence electrons. The van der Waals surface area contributed by atoms with Crippen molar-refractivity contribution in [3.8, 4) is 11.4 Å². The minimum atomic E-state index is -3.65. The number of fused-ring (bicyclic) bond motifs is 1. The van der Waals surface area contributed by atoms with Crippen molar-refractivity contribution in [2.24, 2.45) is 0 Å². The Morgan fingerprint density at radius 2 is 1.63 bits per heavy atom. The first kappa shape index (κ1) is 23.3. The number of hydrogen-bond donors (Lipinski definition) is 0. The van der Waals surface area contributed by atoms with Crippen LogP contribution in [0.1, 0.15) is 24.6 Å². The van der Waals surface area contributed by atoms with Crippen molar-refractivity contribution >= 4 is 26.5 Å². The van der Waals surface area contributed by atoms with Gasteiger partial charge >= 0.3 is 0 Å². The maximum Gasteiger partial charge on any atom is 0.243 e. The zero-order valence-corrected chi connectivity index (χ0v) is 20.8. The number of sulfonamides is 1. The minimum absolute atomic E-state index is 0.0615. The Kier molecular flexibility index (Phi) is 6.16. The Balaban J connectivity index is 1.38. The summed E-state index contributed by atoms with van der Waals surface area (Å²) in [5.41, 5.74) is 1.83. The highest BCUT2D eigenvalue weighted by Gasteiger charge is 2.33. The molecule has 0 bridgehead atoms. The van der Waals surface area contributed by atoms with E-state index in [1.165, 1.54) is 0 Å². The average molecular weight is 493 g/mol. The summed E-state index contributed by atoms with van der Waals surface area (Å²) in [6.07, 6.45) is 1.28. The van der Waals surface area contributed by atoms with Crippen LogP contribution in [0.2, 0.25) is 0 Å². The van der Waals surface area contributed by atoms with E-state index in [2.05, 4.69) is 15.5 Å². The van der Waals surface area contributed by atoms with E-state index in [4.69, 9.17) is 4.74 Å². The van der Waals surface area contributed by atoms with Crippen LogP contribution in [0.25, 0.3) is 16.5 Å². The summed E-state index contributed by atoms with van der Waals surface area (Å²) in [4.78, 5) is 2.34. The van der Waals surface area contributed by atoms with Gasteiger partial charge in [0.15, 0.2) is 5.82 Å². The van der Waals surface area contributed by atoms with E-state index in [0.717, 1.165) is 33.7 Å². The molecule has 0 atom stereocenters. The fourth-order valence-corrected chi connectivity index (χ4v) is 6.40. The van der Waals surface area contributed by atoms with E-state index in [1.54, 1.807) is 22.2 Å². The predicted octanol–water partition coefficient (Wildman–Crippen LogP) is 3.46. The molecular weight excluding hydrogens is 464 g/mol. The largest absolute Gasteiger partial charge is 0.497 e. The van der Waals surface area contributed by atoms with Crippen molar-refractivity contribution in [1.29, 1.82) is 0 Å². The monoisotopic (exact) mass is 492 g/mol. The van der Waals surface area contributed by atoms with Crippen molar-refractivity contribution < 1.29 is 13.2 Å². The molecule has 5 rings (SSSR count). The predicted molar refractivity (Wildman–Crippen MR) is 135 cm³/mol. The topological polar surface area (TPSA) is 93.5 Å². The number of anilines is 1. The van der Waals surface area contributed by atoms with Gasteiger partial charge in [-0.3, -0.25) is 0 Å². The highest BCUT2D eigenvalue weighted by Crippen LogP contribution is 2.34. The van der Waals surface area contributed by atoms with Crippen LogP contribution in [-0.2, 0) is 10.0 Å². The quantitative estimate of drug-likeness (QED) is 0.407. The maximum absolute atomic E-state index is 13.7. The lowest BCUT2D eigenvalue weighted by Crippen LogP contribution is -2.38. The molecule has 10 heteroatoms. The summed E-state index contributed by atoms with van der Waals surface area (Å²) in [5, 5.41) is 14.0. The van der Waals surface area contributed by atoms with Crippen LogP contribution in [0.3, 0.4) is 0 Å². The molecule has 0 radical (unpaired) electrons. The number of hydrogen-bond acceptors (Lipinski definition) is 7. The van der Waals surface area contributed by atoms with Gasteiger partial charge < -0.3 is 9.64 Å². The molecule has 35 heavy (non-hydrogen) atoms. The van der Waals surface area contributed by atoms with Crippen molar-refractivity contribution in [2.75, 3.05) is 39.2 Å². The molecule has 0 aliphatic carbocycles. The van der Waals surface area contributed by atoms with Gasteiger partial charge in [0, 0.05) is 49.6 Å². The Bertz CT molecular complexity index is 1440. The molecule has 0 N–H and O–H groups in total. The van der Waals surface area contributed by atoms with Gasteiger partial charge in [-0.2, -0.15) is 8.99 Å². The molecule has 0 saturated carbocycles. The number of nitrogens with zero attached hydrogens (tertiary/aromatic N) is 6. The maximum atomic E-state index is 13.7. The van der Waals surface area contributed by atoms with E-state index in [9.17, 15) is 8.42 Å². The average Bonchev–Trinajstić information content (AvgIpc) is 3.38. The zero-order valence-electron chi connectivity index (χ0n) is 20.0. The molecule has 4 aromatic rings. The third kappa shape index (κ3) is 4.23. The Hall–Kier alpha value is -3.50. The second-order valence-electron chi connectivity index (χ2n) is 8.85. The highest BCUT2D eigenvalue weighted by atomic mass is 32.2. The van der Waals surface area contributed by atoms with E-state index in [1.807, 2.05) is 73.6 Å². The van der Waals surface area contributed by atoms with Gasteiger partial charge in [-0.1, -0.05) is 24.3 Å². The smallest absolute Gasteiger partial charge is 0.243 e. The fourth-order valence-electron chi connectivity index (χ4n) is 4.73. The summed E-state index contributed by atoms with van der Waals surface area (Å²) < 4.78 is 35.9. The van der Waals surface area contributed by atoms with Crippen molar-refractivity contribution in [1.82, 2.24) is 24.5 Å². The van der Waals surface area contributed by atoms with Crippen LogP contribution in [0.15, 0.2) is 65.6 Å². The molecule has 9 nitrogen and oxygen atoms in total. The summed E-state index contributed by atoms with van der Waals surface area (Å²) in [6.45, 7) is 0.818. The SMILES string of the molecule is COc1ccc(-n2nnnc2C2CCN(S(=O)(=O)c3cccc4c(N(C)C)cccc34)CC2)cc1. The Labute approximate surface area is 205 Å². The van der Waals surface area contributed by atoms with Crippen LogP contribution in [-0.4, -0.2) is 67.2 Å². The number of piperidine rings is 1. The van der Waals surface area contributed by atoms with Crippen LogP contribution >= 0.6 is 0 Å². The second kappa shape index (κ2) is 9.27. The number of methoxy groups -OCH3 is 1. The first-order chi connectivity index (χ1) is 16.9. The van der Waals surface area contributed by atoms with Gasteiger partial charge in [0.1, 0.15) is 5.75 Å². The molecule has 1 aliphatic heterocycles. The van der Waals surface area contributed by atoms with Crippen molar-refractivity contribution in [3.05, 3.63) is 66.5 Å². The van der Waals surface area contributed by atoms with Gasteiger partial charge in [0.25, 0.3) is 0 Å². The first-order valence-electron chi connectivity index (χ1n) is 11.5. The molecule has 1 saturated heterocycles. The number of rotatable bonds is 6. The van der Waals surface area contributed by atoms with Crippen LogP contribution in [0.4, 0.5) is 5.69 Å². The molecular formula is C25H28N6O3S. The number of benzene rings is 3. The van der Waals surface area contributed by atoms with E-state index >= 15 is 0 Å². The lowest BCUT2D eigenvalue weighted by molar-refractivity contribution is 0.311. The minimum Gasteiger partial charge on any atom is -0.497 e. The van der Waals surface area contributed by atoms with Gasteiger partial charge in [-0.15, -0.1) is 5.10 Å². The molecule has 0 amide bonds. The normalized spacial score (nSPS) is 15.4. The molecule has 0 spiro atoms. The van der Waals surface area contributed by atoms with E-state index < -0.39 is 10.0 Å². The molecule has 1 aromatic heterocycles. The number of tetrazole rings is 1. The third-order valence-electron chi connectivity index (χ3n) is 6.59. The first-order valence-corrected chi connectivity index (χ1v) is 13.0. The lowest BCUT2D eigenvalue weighted by atomic mass is 9.97. The van der Waals surface area contributed by atoms with Crippen molar-refractivity contribution in [2.45, 2.75) is 23.7 Å². The summed E-state index contributed by atoms with van der Waals surface area (Å²) in [5.74, 6) is 1.56. The molecule has 2 heterocycles. The fraction of sp³-hybridized carbons (Fsp3) is 0.320. The number of aromatic nitrogens is 4. The van der Waals surface area contributed by atoms with Crippen LogP contribution < -0.4 is 9.64 Å². The molecule has 1 fully saturated rings. The molecule has 0 unspecified atom stereocenters. The number of ether oxygens (including phenoxy) is 1. The second-order valence-corrected chi connectivity index (χ2v) is 10.8. The zero-order chi connectivity index (χ0) is 24.6. The summed E-state index contributed by atoms with van der Waals surface area (Å²) in [6, 6.07) is 18.8. The summed E-state index contributed by atoms with van der Waals surface area (Å²) >= 11 is 0. The Morgan fingerprint density at radius 1 is 0.943 bits per heavy atom. The third-order valence-corrected chi connectivity index (χ3v) is 8.55. The van der Waals surface area contributed by atoms with E-state index in [-0.39, 0.29) is 5.92 Å². The Morgan fingerprint density at radius 3 is 2.31 bits per heavy atom. The van der Waals surface area contributed by atoms with E-state index in [0.29, 0.717) is 30.8 Å².